The van der Waals surface area contributed by atoms with Crippen molar-refractivity contribution in [3.05, 3.63) is 0 Å². The predicted molar refractivity (Wildman–Crippen MR) is 52.5 cm³/mol. The number of rotatable bonds is 3. The van der Waals surface area contributed by atoms with E-state index >= 15 is 0 Å². The Labute approximate surface area is 80.4 Å². The van der Waals surface area contributed by atoms with Gasteiger partial charge in [-0.1, -0.05) is 13.8 Å². The first kappa shape index (κ1) is 11.0. The summed E-state index contributed by atoms with van der Waals surface area (Å²) in [6.45, 7) is 6.57. The molecular weight excluding hydrogens is 166 g/mol. The molecule has 1 aliphatic rings. The van der Waals surface area contributed by atoms with Gasteiger partial charge in [0.25, 0.3) is 0 Å². The number of aliphatic hydroxyl groups excluding tert-OH is 2. The van der Waals surface area contributed by atoms with Crippen LogP contribution < -0.4 is 0 Å². The van der Waals surface area contributed by atoms with Gasteiger partial charge < -0.3 is 10.2 Å². The van der Waals surface area contributed by atoms with E-state index in [1.807, 2.05) is 6.92 Å². The van der Waals surface area contributed by atoms with Gasteiger partial charge >= 0.3 is 0 Å². The first-order valence-electron chi connectivity index (χ1n) is 5.20. The molecule has 3 nitrogen and oxygen atoms in total. The summed E-state index contributed by atoms with van der Waals surface area (Å²) in [4.78, 5) is 2.16. The van der Waals surface area contributed by atoms with Crippen molar-refractivity contribution >= 4 is 0 Å². The van der Waals surface area contributed by atoms with Gasteiger partial charge in [-0.25, -0.2) is 0 Å². The molecule has 0 amide bonds. The van der Waals surface area contributed by atoms with Crippen LogP contribution in [-0.2, 0) is 0 Å². The molecule has 2 N–H and O–H groups in total. The van der Waals surface area contributed by atoms with E-state index in [9.17, 15) is 10.2 Å². The summed E-state index contributed by atoms with van der Waals surface area (Å²) in [6.07, 6.45) is 1.25. The van der Waals surface area contributed by atoms with Crippen LogP contribution >= 0.6 is 0 Å². The van der Waals surface area contributed by atoms with E-state index in [1.54, 1.807) is 0 Å². The maximum absolute atomic E-state index is 9.51. The van der Waals surface area contributed by atoms with Crippen molar-refractivity contribution in [1.82, 2.24) is 4.90 Å². The Kier molecular flexibility index (Phi) is 4.16. The Balaban J connectivity index is 2.32. The van der Waals surface area contributed by atoms with E-state index in [-0.39, 0.29) is 12.2 Å². The minimum atomic E-state index is -0.238. The lowest BCUT2D eigenvalue weighted by Gasteiger charge is -2.35. The van der Waals surface area contributed by atoms with Gasteiger partial charge in [0.15, 0.2) is 0 Å². The molecule has 0 spiro atoms. The molecule has 1 saturated heterocycles. The van der Waals surface area contributed by atoms with E-state index in [4.69, 9.17) is 0 Å². The van der Waals surface area contributed by atoms with E-state index < -0.39 is 0 Å². The normalized spacial score (nSPS) is 33.2. The molecular formula is C10H21NO2. The van der Waals surface area contributed by atoms with E-state index in [2.05, 4.69) is 11.8 Å². The second kappa shape index (κ2) is 4.94. The molecule has 0 aromatic heterocycles. The Morgan fingerprint density at radius 1 is 1.46 bits per heavy atom. The van der Waals surface area contributed by atoms with Crippen molar-refractivity contribution in [2.24, 2.45) is 5.92 Å². The second-order valence-electron chi connectivity index (χ2n) is 4.28. The number of likely N-dealkylation sites (tertiary alicyclic amines) is 1. The summed E-state index contributed by atoms with van der Waals surface area (Å²) < 4.78 is 0. The topological polar surface area (TPSA) is 43.7 Å². The van der Waals surface area contributed by atoms with Crippen LogP contribution in [0.15, 0.2) is 0 Å². The number of hydrogen-bond donors (Lipinski definition) is 2. The van der Waals surface area contributed by atoms with Crippen LogP contribution in [0.2, 0.25) is 0 Å². The summed E-state index contributed by atoms with van der Waals surface area (Å²) in [5.41, 5.74) is 0. The number of aliphatic hydroxyl groups is 2. The molecule has 2 unspecified atom stereocenters. The molecule has 0 aliphatic carbocycles. The lowest BCUT2D eigenvalue weighted by atomic mass is 9.97. The maximum Gasteiger partial charge on any atom is 0.0670 e. The monoisotopic (exact) mass is 187 g/mol. The van der Waals surface area contributed by atoms with Crippen LogP contribution in [0.1, 0.15) is 26.7 Å². The Hall–Kier alpha value is -0.120. The van der Waals surface area contributed by atoms with Gasteiger partial charge in [-0.2, -0.15) is 0 Å². The minimum Gasteiger partial charge on any atom is -0.392 e. The predicted octanol–water partition coefficient (Wildman–Crippen LogP) is 0.460. The van der Waals surface area contributed by atoms with E-state index in [1.165, 1.54) is 0 Å². The third-order valence-corrected chi connectivity index (χ3v) is 2.65. The van der Waals surface area contributed by atoms with Crippen molar-refractivity contribution < 1.29 is 10.2 Å². The average molecular weight is 187 g/mol. The van der Waals surface area contributed by atoms with Crippen LogP contribution in [0.5, 0.6) is 0 Å². The Bertz CT molecular complexity index is 142. The van der Waals surface area contributed by atoms with Crippen LogP contribution in [-0.4, -0.2) is 47.0 Å². The zero-order chi connectivity index (χ0) is 9.84. The molecule has 1 heterocycles. The van der Waals surface area contributed by atoms with Gasteiger partial charge in [0, 0.05) is 19.6 Å². The molecule has 0 saturated carbocycles. The molecule has 1 fully saturated rings. The standard InChI is InChI=1S/C10H21NO2/c1-3-9(12)6-11-5-8(2)4-10(13)7-11/h8-10,12-13H,3-7H2,1-2H3/t8?,9-,10?/m1/s1. The smallest absolute Gasteiger partial charge is 0.0670 e. The SMILES string of the molecule is CC[C@@H](O)CN1CC(C)CC(O)C1. The van der Waals surface area contributed by atoms with Gasteiger partial charge in [0.05, 0.1) is 12.2 Å². The van der Waals surface area contributed by atoms with Gasteiger partial charge in [-0.15, -0.1) is 0 Å². The second-order valence-corrected chi connectivity index (χ2v) is 4.28. The van der Waals surface area contributed by atoms with Crippen molar-refractivity contribution in [2.45, 2.75) is 38.9 Å². The van der Waals surface area contributed by atoms with Gasteiger partial charge in [0.1, 0.15) is 0 Å². The molecule has 1 rings (SSSR count). The summed E-state index contributed by atoms with van der Waals surface area (Å²) in [5, 5.41) is 19.0. The molecule has 1 aliphatic heterocycles. The fourth-order valence-corrected chi connectivity index (χ4v) is 2.00. The van der Waals surface area contributed by atoms with Crippen molar-refractivity contribution in [2.75, 3.05) is 19.6 Å². The number of β-amino-alcohol motifs (C(OH)–C–C–N with tert-alkyl or cyclic N) is 2. The highest BCUT2D eigenvalue weighted by atomic mass is 16.3. The quantitative estimate of drug-likeness (QED) is 0.674. The summed E-state index contributed by atoms with van der Waals surface area (Å²) in [5.74, 6) is 0.549. The highest BCUT2D eigenvalue weighted by Gasteiger charge is 2.23. The average Bonchev–Trinajstić information content (AvgIpc) is 2.02. The van der Waals surface area contributed by atoms with Crippen LogP contribution in [0.4, 0.5) is 0 Å². The number of piperidine rings is 1. The van der Waals surface area contributed by atoms with Gasteiger partial charge in [-0.3, -0.25) is 4.90 Å². The third-order valence-electron chi connectivity index (χ3n) is 2.65. The van der Waals surface area contributed by atoms with Crippen LogP contribution in [0, 0.1) is 5.92 Å². The molecule has 3 atom stereocenters. The van der Waals surface area contributed by atoms with Crippen LogP contribution in [0.25, 0.3) is 0 Å². The number of nitrogens with zero attached hydrogens (tertiary/aromatic N) is 1. The zero-order valence-corrected chi connectivity index (χ0v) is 8.61. The lowest BCUT2D eigenvalue weighted by Crippen LogP contribution is -2.45. The molecule has 0 bridgehead atoms. The first-order chi connectivity index (χ1) is 6.11. The van der Waals surface area contributed by atoms with Crippen molar-refractivity contribution in [3.63, 3.8) is 0 Å². The third kappa shape index (κ3) is 3.63. The van der Waals surface area contributed by atoms with Crippen molar-refractivity contribution in [3.8, 4) is 0 Å². The molecule has 0 aromatic rings. The highest BCUT2D eigenvalue weighted by molar-refractivity contribution is 4.77. The molecule has 3 heteroatoms. The summed E-state index contributed by atoms with van der Waals surface area (Å²) in [7, 11) is 0. The highest BCUT2D eigenvalue weighted by Crippen LogP contribution is 2.16. The largest absolute Gasteiger partial charge is 0.392 e. The number of hydrogen-bond acceptors (Lipinski definition) is 3. The molecule has 0 radical (unpaired) electrons. The lowest BCUT2D eigenvalue weighted by molar-refractivity contribution is 0.0185. The minimum absolute atomic E-state index is 0.201. The summed E-state index contributed by atoms with van der Waals surface area (Å²) >= 11 is 0. The Morgan fingerprint density at radius 2 is 2.15 bits per heavy atom. The van der Waals surface area contributed by atoms with Crippen molar-refractivity contribution in [1.29, 1.82) is 0 Å². The zero-order valence-electron chi connectivity index (χ0n) is 8.61. The van der Waals surface area contributed by atoms with Gasteiger partial charge in [0.2, 0.25) is 0 Å². The maximum atomic E-state index is 9.51. The van der Waals surface area contributed by atoms with Gasteiger partial charge in [-0.05, 0) is 18.8 Å². The molecule has 13 heavy (non-hydrogen) atoms. The fraction of sp³-hybridized carbons (Fsp3) is 1.00. The fourth-order valence-electron chi connectivity index (χ4n) is 2.00. The van der Waals surface area contributed by atoms with E-state index in [0.717, 1.165) is 25.9 Å². The Morgan fingerprint density at radius 3 is 2.69 bits per heavy atom. The first-order valence-corrected chi connectivity index (χ1v) is 5.20. The van der Waals surface area contributed by atoms with E-state index in [0.29, 0.717) is 12.5 Å². The summed E-state index contributed by atoms with van der Waals surface area (Å²) in [6, 6.07) is 0. The van der Waals surface area contributed by atoms with Crippen LogP contribution in [0.3, 0.4) is 0 Å². The molecule has 0 aromatic carbocycles. The molecule has 78 valence electrons.